The minimum atomic E-state index is -1.40. The average molecular weight is 483 g/mol. The van der Waals surface area contributed by atoms with Gasteiger partial charge in [-0.25, -0.2) is 9.59 Å². The highest BCUT2D eigenvalue weighted by molar-refractivity contribution is 5.94. The molecule has 34 heavy (non-hydrogen) atoms. The fourth-order valence-electron chi connectivity index (χ4n) is 3.14. The van der Waals surface area contributed by atoms with Crippen LogP contribution in [0.1, 0.15) is 79.5 Å². The summed E-state index contributed by atoms with van der Waals surface area (Å²) in [6.07, 6.45) is 1.05. The van der Waals surface area contributed by atoms with Crippen LogP contribution in [0.15, 0.2) is 24.3 Å². The number of aliphatic carboxylic acids is 1. The van der Waals surface area contributed by atoms with Gasteiger partial charge in [-0.2, -0.15) is 0 Å². The molecule has 1 aromatic carbocycles. The van der Waals surface area contributed by atoms with Crippen molar-refractivity contribution in [2.45, 2.75) is 71.0 Å². The summed E-state index contributed by atoms with van der Waals surface area (Å²) >= 11 is 0. The van der Waals surface area contributed by atoms with Gasteiger partial charge >= 0.3 is 23.9 Å². The number of benzene rings is 1. The molecule has 10 nitrogen and oxygen atoms in total. The van der Waals surface area contributed by atoms with Crippen LogP contribution in [0.4, 0.5) is 0 Å². The average Bonchev–Trinajstić information content (AvgIpc) is 2.79. The molecule has 0 bridgehead atoms. The number of ether oxygens (including phenoxy) is 2. The molecule has 0 radical (unpaired) electrons. The fourth-order valence-corrected chi connectivity index (χ4v) is 3.14. The Balaban J connectivity index is 2.37. The van der Waals surface area contributed by atoms with Crippen molar-refractivity contribution in [1.82, 2.24) is 0 Å². The van der Waals surface area contributed by atoms with Crippen molar-refractivity contribution in [3.63, 3.8) is 0 Å². The maximum absolute atomic E-state index is 12.2. The molecular formula is C24H34O10. The van der Waals surface area contributed by atoms with Crippen LogP contribution in [0.25, 0.3) is 0 Å². The number of carbonyl (C=O) groups is 4. The second-order valence-electron chi connectivity index (χ2n) is 8.81. The molecule has 4 N–H and O–H groups in total. The Morgan fingerprint density at radius 2 is 1.47 bits per heavy atom. The highest BCUT2D eigenvalue weighted by atomic mass is 16.5. The number of carboxylic acid groups (broad SMARTS) is 2. The predicted octanol–water partition coefficient (Wildman–Crippen LogP) is 2.65. The number of hydrogen-bond acceptors (Lipinski definition) is 8. The lowest BCUT2D eigenvalue weighted by Gasteiger charge is -2.32. The van der Waals surface area contributed by atoms with Crippen molar-refractivity contribution in [1.29, 1.82) is 0 Å². The zero-order valence-electron chi connectivity index (χ0n) is 19.6. The number of unbranched alkanes of at least 4 members (excludes halogenated alkanes) is 4. The van der Waals surface area contributed by atoms with Gasteiger partial charge < -0.3 is 29.9 Å². The van der Waals surface area contributed by atoms with Gasteiger partial charge in [0.25, 0.3) is 0 Å². The van der Waals surface area contributed by atoms with Gasteiger partial charge in [0, 0.05) is 18.3 Å². The summed E-state index contributed by atoms with van der Waals surface area (Å²) in [6, 6.07) is 5.34. The molecule has 0 aromatic heterocycles. The first-order valence-electron chi connectivity index (χ1n) is 11.2. The Kier molecular flexibility index (Phi) is 12.2. The largest absolute Gasteiger partial charge is 0.481 e. The SMILES string of the molecule is CC(C)(COC(=O)c1cccc(C(=O)O)c1)C(O)C(O)COC(=O)CCCCCCCC(=O)O. The first kappa shape index (κ1) is 29.1. The molecule has 0 aliphatic rings. The van der Waals surface area contributed by atoms with E-state index in [0.29, 0.717) is 12.8 Å². The molecule has 1 aromatic rings. The number of rotatable bonds is 16. The number of aliphatic hydroxyl groups excluding tert-OH is 2. The first-order chi connectivity index (χ1) is 15.9. The van der Waals surface area contributed by atoms with Gasteiger partial charge in [-0.15, -0.1) is 0 Å². The molecule has 10 heteroatoms. The maximum atomic E-state index is 12.2. The molecule has 0 aliphatic carbocycles. The van der Waals surface area contributed by atoms with Crippen LogP contribution in [0.3, 0.4) is 0 Å². The molecule has 0 amide bonds. The third kappa shape index (κ3) is 10.8. The Morgan fingerprint density at radius 3 is 2.09 bits per heavy atom. The van der Waals surface area contributed by atoms with E-state index >= 15 is 0 Å². The highest BCUT2D eigenvalue weighted by Crippen LogP contribution is 2.25. The lowest BCUT2D eigenvalue weighted by Crippen LogP contribution is -2.45. The molecule has 1 rings (SSSR count). The van der Waals surface area contributed by atoms with Gasteiger partial charge in [0.05, 0.1) is 23.8 Å². The lowest BCUT2D eigenvalue weighted by atomic mass is 9.84. The van der Waals surface area contributed by atoms with Crippen molar-refractivity contribution in [2.24, 2.45) is 5.41 Å². The van der Waals surface area contributed by atoms with Crippen LogP contribution in [0.2, 0.25) is 0 Å². The number of hydrogen-bond donors (Lipinski definition) is 4. The summed E-state index contributed by atoms with van der Waals surface area (Å²) in [4.78, 5) is 45.5. The fraction of sp³-hybridized carbons (Fsp3) is 0.583. The Labute approximate surface area is 198 Å². The second-order valence-corrected chi connectivity index (χ2v) is 8.81. The van der Waals surface area contributed by atoms with Gasteiger partial charge in [0.2, 0.25) is 0 Å². The Hall–Kier alpha value is -2.98. The van der Waals surface area contributed by atoms with E-state index in [1.165, 1.54) is 24.3 Å². The molecule has 0 aliphatic heterocycles. The zero-order valence-corrected chi connectivity index (χ0v) is 19.6. The van der Waals surface area contributed by atoms with E-state index in [1.807, 2.05) is 0 Å². The van der Waals surface area contributed by atoms with E-state index < -0.39 is 48.1 Å². The zero-order chi connectivity index (χ0) is 25.7. The van der Waals surface area contributed by atoms with E-state index in [2.05, 4.69) is 0 Å². The number of carboxylic acids is 2. The third-order valence-electron chi connectivity index (χ3n) is 5.27. The molecule has 0 heterocycles. The van der Waals surface area contributed by atoms with Crippen LogP contribution < -0.4 is 0 Å². The van der Waals surface area contributed by atoms with Crippen molar-refractivity contribution in [3.05, 3.63) is 35.4 Å². The topological polar surface area (TPSA) is 168 Å². The van der Waals surface area contributed by atoms with E-state index in [9.17, 15) is 29.4 Å². The van der Waals surface area contributed by atoms with Gasteiger partial charge in [0.1, 0.15) is 12.7 Å². The minimum absolute atomic E-state index is 0.0431. The molecule has 2 atom stereocenters. The molecule has 0 fully saturated rings. The predicted molar refractivity (Wildman–Crippen MR) is 120 cm³/mol. The molecule has 0 spiro atoms. The summed E-state index contributed by atoms with van der Waals surface area (Å²) in [6.45, 7) is 2.44. The monoisotopic (exact) mass is 482 g/mol. The summed E-state index contributed by atoms with van der Waals surface area (Å²) < 4.78 is 10.2. The van der Waals surface area contributed by atoms with Crippen LogP contribution in [0, 0.1) is 5.41 Å². The lowest BCUT2D eigenvalue weighted by molar-refractivity contribution is -0.152. The van der Waals surface area contributed by atoms with Crippen molar-refractivity contribution in [3.8, 4) is 0 Å². The van der Waals surface area contributed by atoms with Crippen molar-refractivity contribution in [2.75, 3.05) is 13.2 Å². The van der Waals surface area contributed by atoms with E-state index in [4.69, 9.17) is 19.7 Å². The van der Waals surface area contributed by atoms with Crippen LogP contribution >= 0.6 is 0 Å². The molecule has 0 saturated carbocycles. The minimum Gasteiger partial charge on any atom is -0.481 e. The second kappa shape index (κ2) is 14.3. The molecule has 2 unspecified atom stereocenters. The molecule has 0 saturated heterocycles. The summed E-state index contributed by atoms with van der Waals surface area (Å²) in [5.74, 6) is -3.29. The Morgan fingerprint density at radius 1 is 0.882 bits per heavy atom. The number of esters is 2. The summed E-state index contributed by atoms with van der Waals surface area (Å²) in [5.41, 5.74) is -1.10. The quantitative estimate of drug-likeness (QED) is 0.203. The highest BCUT2D eigenvalue weighted by Gasteiger charge is 2.35. The Bertz CT molecular complexity index is 833. The molecular weight excluding hydrogens is 448 g/mol. The smallest absolute Gasteiger partial charge is 0.338 e. The van der Waals surface area contributed by atoms with Gasteiger partial charge in [-0.05, 0) is 31.0 Å². The number of carbonyl (C=O) groups excluding carboxylic acids is 2. The standard InChI is InChI=1S/C24H34O10/c1-24(2,15-34-23(32)17-10-8-9-16(13-17)22(30)31)21(29)18(25)14-33-20(28)12-7-5-3-4-6-11-19(26)27/h8-10,13,18,21,25,29H,3-7,11-12,14-15H2,1-2H3,(H,26,27)(H,30,31). The van der Waals surface area contributed by atoms with Gasteiger partial charge in [-0.1, -0.05) is 39.2 Å². The number of aromatic carboxylic acids is 1. The first-order valence-corrected chi connectivity index (χ1v) is 11.2. The summed E-state index contributed by atoms with van der Waals surface area (Å²) in [7, 11) is 0. The van der Waals surface area contributed by atoms with Crippen LogP contribution in [-0.4, -0.2) is 69.7 Å². The normalized spacial score (nSPS) is 13.1. The van der Waals surface area contributed by atoms with Crippen molar-refractivity contribution >= 4 is 23.9 Å². The third-order valence-corrected chi connectivity index (χ3v) is 5.27. The van der Waals surface area contributed by atoms with Crippen molar-refractivity contribution < 1.29 is 49.1 Å². The molecule has 190 valence electrons. The number of aliphatic hydroxyl groups is 2. The van der Waals surface area contributed by atoms with Gasteiger partial charge in [0.15, 0.2) is 0 Å². The van der Waals surface area contributed by atoms with E-state index in [0.717, 1.165) is 19.3 Å². The maximum Gasteiger partial charge on any atom is 0.338 e. The summed E-state index contributed by atoms with van der Waals surface area (Å²) in [5, 5.41) is 38.2. The van der Waals surface area contributed by atoms with Crippen LogP contribution in [0.5, 0.6) is 0 Å². The van der Waals surface area contributed by atoms with E-state index in [-0.39, 0.29) is 30.6 Å². The van der Waals surface area contributed by atoms with Crippen LogP contribution in [-0.2, 0) is 19.1 Å². The van der Waals surface area contributed by atoms with E-state index in [1.54, 1.807) is 13.8 Å². The van der Waals surface area contributed by atoms with Gasteiger partial charge in [-0.3, -0.25) is 9.59 Å².